The lowest BCUT2D eigenvalue weighted by molar-refractivity contribution is 0.624. The number of thiophene rings is 1. The van der Waals surface area contributed by atoms with Gasteiger partial charge in [0.05, 0.1) is 17.6 Å². The first-order chi connectivity index (χ1) is 10.2. The highest BCUT2D eigenvalue weighted by Gasteiger charge is 2.08. The molecule has 110 valence electrons. The summed E-state index contributed by atoms with van der Waals surface area (Å²) in [7, 11) is 0. The van der Waals surface area contributed by atoms with E-state index in [2.05, 4.69) is 54.9 Å². The molecule has 3 nitrogen and oxygen atoms in total. The Morgan fingerprint density at radius 2 is 2.00 bits per heavy atom. The van der Waals surface area contributed by atoms with E-state index in [1.54, 1.807) is 0 Å². The SMILES string of the molecule is CCn1c(CNCc2cc(C)c(C)s2)nc2ccccc21. The highest BCUT2D eigenvalue weighted by Crippen LogP contribution is 2.20. The van der Waals surface area contributed by atoms with Crippen LogP contribution in [0, 0.1) is 13.8 Å². The second-order valence-electron chi connectivity index (χ2n) is 5.32. The number of hydrogen-bond donors (Lipinski definition) is 1. The van der Waals surface area contributed by atoms with Gasteiger partial charge >= 0.3 is 0 Å². The molecule has 0 unspecified atom stereocenters. The molecule has 0 bridgehead atoms. The summed E-state index contributed by atoms with van der Waals surface area (Å²) in [5, 5.41) is 3.52. The van der Waals surface area contributed by atoms with E-state index >= 15 is 0 Å². The van der Waals surface area contributed by atoms with Crippen LogP contribution in [0.4, 0.5) is 0 Å². The van der Waals surface area contributed by atoms with Gasteiger partial charge in [-0.25, -0.2) is 4.98 Å². The molecular weight excluding hydrogens is 278 g/mol. The first kappa shape index (κ1) is 14.3. The molecule has 2 heterocycles. The van der Waals surface area contributed by atoms with Crippen molar-refractivity contribution in [3.8, 4) is 0 Å². The highest BCUT2D eigenvalue weighted by atomic mass is 32.1. The normalized spacial score (nSPS) is 11.4. The van der Waals surface area contributed by atoms with Gasteiger partial charge in [0, 0.05) is 22.8 Å². The van der Waals surface area contributed by atoms with E-state index in [0.717, 1.165) is 31.0 Å². The average molecular weight is 299 g/mol. The Morgan fingerprint density at radius 3 is 2.71 bits per heavy atom. The molecule has 1 aromatic carbocycles. The maximum atomic E-state index is 4.74. The van der Waals surface area contributed by atoms with E-state index in [-0.39, 0.29) is 0 Å². The fourth-order valence-electron chi connectivity index (χ4n) is 2.65. The summed E-state index contributed by atoms with van der Waals surface area (Å²) in [6.45, 7) is 9.19. The number of rotatable bonds is 5. The van der Waals surface area contributed by atoms with Crippen LogP contribution in [0.15, 0.2) is 30.3 Å². The molecule has 0 radical (unpaired) electrons. The summed E-state index contributed by atoms with van der Waals surface area (Å²) in [6, 6.07) is 10.6. The standard InChI is InChI=1S/C17H21N3S/c1-4-20-16-8-6-5-7-15(16)19-17(20)11-18-10-14-9-12(2)13(3)21-14/h5-9,18H,4,10-11H2,1-3H3. The van der Waals surface area contributed by atoms with Crippen LogP contribution in [0.1, 0.15) is 28.1 Å². The molecule has 21 heavy (non-hydrogen) atoms. The van der Waals surface area contributed by atoms with Gasteiger partial charge in [0.15, 0.2) is 0 Å². The van der Waals surface area contributed by atoms with Gasteiger partial charge in [0.2, 0.25) is 0 Å². The minimum absolute atomic E-state index is 0.804. The van der Waals surface area contributed by atoms with E-state index in [1.807, 2.05) is 17.4 Å². The molecule has 0 aliphatic carbocycles. The molecule has 0 saturated heterocycles. The molecular formula is C17H21N3S. The van der Waals surface area contributed by atoms with Gasteiger partial charge in [-0.15, -0.1) is 11.3 Å². The molecule has 3 aromatic rings. The smallest absolute Gasteiger partial charge is 0.123 e. The summed E-state index contributed by atoms with van der Waals surface area (Å²) < 4.78 is 2.28. The molecule has 1 N–H and O–H groups in total. The van der Waals surface area contributed by atoms with Crippen molar-refractivity contribution in [2.24, 2.45) is 0 Å². The Morgan fingerprint density at radius 1 is 1.19 bits per heavy atom. The maximum absolute atomic E-state index is 4.74. The zero-order valence-electron chi connectivity index (χ0n) is 12.8. The van der Waals surface area contributed by atoms with Crippen molar-refractivity contribution in [1.29, 1.82) is 0 Å². The molecule has 0 aliphatic rings. The van der Waals surface area contributed by atoms with Gasteiger partial charge in [0.25, 0.3) is 0 Å². The van der Waals surface area contributed by atoms with Crippen LogP contribution in [0.2, 0.25) is 0 Å². The molecule has 0 fully saturated rings. The van der Waals surface area contributed by atoms with Crippen molar-refractivity contribution in [2.75, 3.05) is 0 Å². The second-order valence-corrected chi connectivity index (χ2v) is 6.66. The average Bonchev–Trinajstić information content (AvgIpc) is 2.99. The first-order valence-electron chi connectivity index (χ1n) is 7.39. The Bertz CT molecular complexity index is 735. The Kier molecular flexibility index (Phi) is 4.08. The van der Waals surface area contributed by atoms with Gasteiger partial charge in [0.1, 0.15) is 5.82 Å². The summed E-state index contributed by atoms with van der Waals surface area (Å²) in [5.41, 5.74) is 3.69. The van der Waals surface area contributed by atoms with Crippen molar-refractivity contribution in [1.82, 2.24) is 14.9 Å². The molecule has 0 spiro atoms. The van der Waals surface area contributed by atoms with Crippen LogP contribution in [0.3, 0.4) is 0 Å². The van der Waals surface area contributed by atoms with Crippen LogP contribution in [0.25, 0.3) is 11.0 Å². The van der Waals surface area contributed by atoms with Crippen molar-refractivity contribution in [2.45, 2.75) is 40.4 Å². The van der Waals surface area contributed by atoms with Gasteiger partial charge in [-0.1, -0.05) is 12.1 Å². The third kappa shape index (κ3) is 2.87. The van der Waals surface area contributed by atoms with E-state index in [4.69, 9.17) is 4.98 Å². The third-order valence-electron chi connectivity index (χ3n) is 3.85. The molecule has 0 saturated carbocycles. The van der Waals surface area contributed by atoms with Gasteiger partial charge < -0.3 is 9.88 Å². The Balaban J connectivity index is 1.73. The highest BCUT2D eigenvalue weighted by molar-refractivity contribution is 7.12. The lowest BCUT2D eigenvalue weighted by Gasteiger charge is -2.06. The molecule has 0 aliphatic heterocycles. The van der Waals surface area contributed by atoms with Crippen LogP contribution >= 0.6 is 11.3 Å². The molecule has 0 amide bonds. The van der Waals surface area contributed by atoms with E-state index in [9.17, 15) is 0 Å². The van der Waals surface area contributed by atoms with Gasteiger partial charge in [-0.2, -0.15) is 0 Å². The Labute approximate surface area is 129 Å². The lowest BCUT2D eigenvalue weighted by Crippen LogP contribution is -2.16. The topological polar surface area (TPSA) is 29.9 Å². The largest absolute Gasteiger partial charge is 0.327 e. The number of para-hydroxylation sites is 2. The van der Waals surface area contributed by atoms with E-state index in [0.29, 0.717) is 0 Å². The molecule has 4 heteroatoms. The molecule has 2 aromatic heterocycles. The molecule has 0 atom stereocenters. The summed E-state index contributed by atoms with van der Waals surface area (Å²) in [5.74, 6) is 1.11. The number of benzene rings is 1. The lowest BCUT2D eigenvalue weighted by atomic mass is 10.3. The predicted molar refractivity (Wildman–Crippen MR) is 89.7 cm³/mol. The monoisotopic (exact) mass is 299 g/mol. The van der Waals surface area contributed by atoms with Crippen molar-refractivity contribution in [3.05, 3.63) is 51.5 Å². The summed E-state index contributed by atoms with van der Waals surface area (Å²) >= 11 is 1.87. The van der Waals surface area contributed by atoms with Crippen molar-refractivity contribution < 1.29 is 0 Å². The number of nitrogens with one attached hydrogen (secondary N) is 1. The zero-order chi connectivity index (χ0) is 14.8. The van der Waals surface area contributed by atoms with Crippen LogP contribution in [-0.2, 0) is 19.6 Å². The Hall–Kier alpha value is -1.65. The number of nitrogens with zero attached hydrogens (tertiary/aromatic N) is 2. The molecule has 3 rings (SSSR count). The van der Waals surface area contributed by atoms with Crippen LogP contribution in [0.5, 0.6) is 0 Å². The van der Waals surface area contributed by atoms with Crippen molar-refractivity contribution >= 4 is 22.4 Å². The van der Waals surface area contributed by atoms with E-state index < -0.39 is 0 Å². The first-order valence-corrected chi connectivity index (χ1v) is 8.21. The number of aromatic nitrogens is 2. The van der Waals surface area contributed by atoms with Crippen LogP contribution < -0.4 is 5.32 Å². The van der Waals surface area contributed by atoms with E-state index in [1.165, 1.54) is 20.8 Å². The third-order valence-corrected chi connectivity index (χ3v) is 5.00. The van der Waals surface area contributed by atoms with Gasteiger partial charge in [-0.05, 0) is 44.5 Å². The summed E-state index contributed by atoms with van der Waals surface area (Å²) in [4.78, 5) is 7.54. The zero-order valence-corrected chi connectivity index (χ0v) is 13.6. The quantitative estimate of drug-likeness (QED) is 0.771. The number of aryl methyl sites for hydroxylation is 3. The maximum Gasteiger partial charge on any atom is 0.123 e. The number of imidazole rings is 1. The fourth-order valence-corrected chi connectivity index (χ4v) is 3.67. The predicted octanol–water partition coefficient (Wildman–Crippen LogP) is 4.02. The van der Waals surface area contributed by atoms with Crippen LogP contribution in [-0.4, -0.2) is 9.55 Å². The number of fused-ring (bicyclic) bond motifs is 1. The van der Waals surface area contributed by atoms with Gasteiger partial charge in [-0.3, -0.25) is 0 Å². The summed E-state index contributed by atoms with van der Waals surface area (Å²) in [6.07, 6.45) is 0. The second kappa shape index (κ2) is 6.00. The minimum Gasteiger partial charge on any atom is -0.327 e. The fraction of sp³-hybridized carbons (Fsp3) is 0.353. The minimum atomic E-state index is 0.804. The van der Waals surface area contributed by atoms with Crippen molar-refractivity contribution in [3.63, 3.8) is 0 Å². The number of hydrogen-bond acceptors (Lipinski definition) is 3.